The van der Waals surface area contributed by atoms with Gasteiger partial charge in [-0.1, -0.05) is 86.2 Å². The van der Waals surface area contributed by atoms with Gasteiger partial charge < -0.3 is 15.4 Å². The van der Waals surface area contributed by atoms with Gasteiger partial charge in [-0.2, -0.15) is 0 Å². The Morgan fingerprint density at radius 1 is 0.946 bits per heavy atom. The fourth-order valence-electron chi connectivity index (χ4n) is 4.40. The molecular formula is C30H32N2O3S2. The number of hydrogen-bond donors (Lipinski definition) is 2. The highest BCUT2D eigenvalue weighted by molar-refractivity contribution is 8.24. The maximum absolute atomic E-state index is 13.1. The van der Waals surface area contributed by atoms with E-state index in [1.54, 1.807) is 0 Å². The van der Waals surface area contributed by atoms with Crippen molar-refractivity contribution in [2.75, 3.05) is 18.9 Å². The molecule has 0 radical (unpaired) electrons. The van der Waals surface area contributed by atoms with E-state index in [9.17, 15) is 9.59 Å². The number of amides is 2. The SMILES string of the molecule is CCCCNC(=O)COc1ccc2c(c1)CCc1ccccc1C2NC(=O)CSC(=S)c1ccccc1. The summed E-state index contributed by atoms with van der Waals surface area (Å²) in [6, 6.07) is 23.6. The molecule has 0 saturated carbocycles. The Balaban J connectivity index is 1.46. The molecule has 37 heavy (non-hydrogen) atoms. The first-order valence-electron chi connectivity index (χ1n) is 12.7. The van der Waals surface area contributed by atoms with Gasteiger partial charge in [-0.3, -0.25) is 9.59 Å². The van der Waals surface area contributed by atoms with Gasteiger partial charge in [0.05, 0.1) is 16.0 Å². The van der Waals surface area contributed by atoms with Gasteiger partial charge in [0.25, 0.3) is 5.91 Å². The molecule has 0 bridgehead atoms. The molecule has 0 saturated heterocycles. The van der Waals surface area contributed by atoms with Gasteiger partial charge in [-0.15, -0.1) is 11.8 Å². The number of benzene rings is 3. The van der Waals surface area contributed by atoms with Gasteiger partial charge >= 0.3 is 0 Å². The molecule has 0 spiro atoms. The molecule has 0 fully saturated rings. The van der Waals surface area contributed by atoms with Crippen molar-refractivity contribution in [2.24, 2.45) is 0 Å². The van der Waals surface area contributed by atoms with E-state index in [1.807, 2.05) is 60.7 Å². The van der Waals surface area contributed by atoms with Crippen LogP contribution in [0.15, 0.2) is 72.8 Å². The van der Waals surface area contributed by atoms with E-state index in [2.05, 4.69) is 29.7 Å². The fraction of sp³-hybridized carbons (Fsp3) is 0.300. The molecule has 5 nitrogen and oxygen atoms in total. The van der Waals surface area contributed by atoms with Crippen LogP contribution in [0.1, 0.15) is 53.6 Å². The van der Waals surface area contributed by atoms with Crippen molar-refractivity contribution in [1.29, 1.82) is 0 Å². The topological polar surface area (TPSA) is 67.4 Å². The predicted molar refractivity (Wildman–Crippen MR) is 154 cm³/mol. The molecule has 1 aliphatic carbocycles. The van der Waals surface area contributed by atoms with E-state index in [-0.39, 0.29) is 30.2 Å². The van der Waals surface area contributed by atoms with Crippen molar-refractivity contribution in [2.45, 2.75) is 38.6 Å². The number of carbonyl (C=O) groups excluding carboxylic acids is 2. The van der Waals surface area contributed by atoms with E-state index in [0.717, 1.165) is 47.9 Å². The van der Waals surface area contributed by atoms with Crippen molar-refractivity contribution >= 4 is 40.0 Å². The van der Waals surface area contributed by atoms with Crippen LogP contribution < -0.4 is 15.4 Å². The van der Waals surface area contributed by atoms with Crippen LogP contribution in [0.25, 0.3) is 0 Å². The number of unbranched alkanes of at least 4 members (excludes halogenated alkanes) is 1. The Bertz CT molecular complexity index is 1250. The molecular weight excluding hydrogens is 500 g/mol. The lowest BCUT2D eigenvalue weighted by Crippen LogP contribution is -2.31. The van der Waals surface area contributed by atoms with Gasteiger partial charge in [0, 0.05) is 6.54 Å². The summed E-state index contributed by atoms with van der Waals surface area (Å²) in [6.07, 6.45) is 3.67. The molecule has 3 aromatic rings. The lowest BCUT2D eigenvalue weighted by atomic mass is 9.94. The zero-order chi connectivity index (χ0) is 26.0. The number of ether oxygens (including phenoxy) is 1. The lowest BCUT2D eigenvalue weighted by Gasteiger charge is -2.22. The van der Waals surface area contributed by atoms with Crippen LogP contribution in [0.3, 0.4) is 0 Å². The van der Waals surface area contributed by atoms with Crippen molar-refractivity contribution < 1.29 is 14.3 Å². The summed E-state index contributed by atoms with van der Waals surface area (Å²) in [5.74, 6) is 0.715. The second kappa shape index (κ2) is 13.4. The molecule has 2 amide bonds. The van der Waals surface area contributed by atoms with E-state index in [0.29, 0.717) is 16.5 Å². The molecule has 192 valence electrons. The van der Waals surface area contributed by atoms with E-state index >= 15 is 0 Å². The molecule has 4 rings (SSSR count). The Labute approximate surface area is 228 Å². The molecule has 0 aliphatic heterocycles. The average Bonchev–Trinajstić information content (AvgIpc) is 3.08. The number of rotatable bonds is 10. The largest absolute Gasteiger partial charge is 0.484 e. The summed E-state index contributed by atoms with van der Waals surface area (Å²) in [7, 11) is 0. The highest BCUT2D eigenvalue weighted by Gasteiger charge is 2.25. The summed E-state index contributed by atoms with van der Waals surface area (Å²) in [6.45, 7) is 2.74. The van der Waals surface area contributed by atoms with Crippen LogP contribution in [-0.2, 0) is 22.4 Å². The molecule has 1 atom stereocenters. The third kappa shape index (κ3) is 7.43. The van der Waals surface area contributed by atoms with Crippen molar-refractivity contribution in [1.82, 2.24) is 10.6 Å². The number of thioether (sulfide) groups is 1. The summed E-state index contributed by atoms with van der Waals surface area (Å²) in [5.41, 5.74) is 5.43. The molecule has 7 heteroatoms. The van der Waals surface area contributed by atoms with E-state index in [4.69, 9.17) is 17.0 Å². The lowest BCUT2D eigenvalue weighted by molar-refractivity contribution is -0.123. The summed E-state index contributed by atoms with van der Waals surface area (Å²) < 4.78 is 6.50. The van der Waals surface area contributed by atoms with Gasteiger partial charge in [0.1, 0.15) is 5.75 Å². The monoisotopic (exact) mass is 532 g/mol. The third-order valence-electron chi connectivity index (χ3n) is 6.33. The molecule has 1 aliphatic rings. The van der Waals surface area contributed by atoms with Gasteiger partial charge in [-0.05, 0) is 59.2 Å². The summed E-state index contributed by atoms with van der Waals surface area (Å²) in [4.78, 5) is 25.1. The Morgan fingerprint density at radius 2 is 1.68 bits per heavy atom. The maximum atomic E-state index is 13.1. The first-order valence-corrected chi connectivity index (χ1v) is 14.1. The molecule has 3 aromatic carbocycles. The normalized spacial score (nSPS) is 14.0. The minimum absolute atomic E-state index is 0.0125. The minimum Gasteiger partial charge on any atom is -0.484 e. The zero-order valence-electron chi connectivity index (χ0n) is 21.0. The Morgan fingerprint density at radius 3 is 2.49 bits per heavy atom. The quantitative estimate of drug-likeness (QED) is 0.271. The van der Waals surface area contributed by atoms with Gasteiger partial charge in [0.2, 0.25) is 5.91 Å². The predicted octanol–water partition coefficient (Wildman–Crippen LogP) is 5.39. The first-order chi connectivity index (χ1) is 18.0. The highest BCUT2D eigenvalue weighted by Crippen LogP contribution is 2.34. The van der Waals surface area contributed by atoms with Crippen LogP contribution in [0.4, 0.5) is 0 Å². The standard InChI is InChI=1S/C30H32N2O3S2/c1-2-3-17-31-27(33)19-35-24-15-16-26-23(18-24)14-13-21-9-7-8-12-25(21)29(26)32-28(34)20-37-30(36)22-10-5-4-6-11-22/h4-12,15-16,18,29H,2-3,13-14,17,19-20H2,1H3,(H,31,33)(H,32,34). The number of fused-ring (bicyclic) bond motifs is 2. The number of nitrogens with one attached hydrogen (secondary N) is 2. The summed E-state index contributed by atoms with van der Waals surface area (Å²) >= 11 is 6.89. The van der Waals surface area contributed by atoms with Crippen molar-refractivity contribution in [3.8, 4) is 5.75 Å². The fourth-order valence-corrected chi connectivity index (χ4v) is 5.36. The minimum atomic E-state index is -0.265. The third-order valence-corrected chi connectivity index (χ3v) is 7.82. The highest BCUT2D eigenvalue weighted by atomic mass is 32.2. The molecule has 1 unspecified atom stereocenters. The first kappa shape index (κ1) is 26.9. The average molecular weight is 533 g/mol. The molecule has 2 N–H and O–H groups in total. The summed E-state index contributed by atoms with van der Waals surface area (Å²) in [5, 5.41) is 6.13. The van der Waals surface area contributed by atoms with Crippen LogP contribution in [0.5, 0.6) is 5.75 Å². The van der Waals surface area contributed by atoms with Crippen molar-refractivity contribution in [3.05, 3.63) is 101 Å². The zero-order valence-corrected chi connectivity index (χ0v) is 22.6. The molecule has 0 heterocycles. The van der Waals surface area contributed by atoms with Crippen LogP contribution in [-0.4, -0.2) is 34.9 Å². The second-order valence-electron chi connectivity index (χ2n) is 8.99. The van der Waals surface area contributed by atoms with Gasteiger partial charge in [-0.25, -0.2) is 0 Å². The second-order valence-corrected chi connectivity index (χ2v) is 10.6. The molecule has 0 aromatic heterocycles. The smallest absolute Gasteiger partial charge is 0.257 e. The van der Waals surface area contributed by atoms with E-state index in [1.165, 1.54) is 17.3 Å². The number of aryl methyl sites for hydroxylation is 2. The van der Waals surface area contributed by atoms with Gasteiger partial charge in [0.15, 0.2) is 6.61 Å². The number of thiocarbonyl (C=S) groups is 1. The number of carbonyl (C=O) groups is 2. The van der Waals surface area contributed by atoms with E-state index < -0.39 is 0 Å². The van der Waals surface area contributed by atoms with Crippen molar-refractivity contribution in [3.63, 3.8) is 0 Å². The maximum Gasteiger partial charge on any atom is 0.257 e. The number of hydrogen-bond acceptors (Lipinski definition) is 5. The van der Waals surface area contributed by atoms with Crippen LogP contribution in [0, 0.1) is 0 Å². The van der Waals surface area contributed by atoms with Crippen LogP contribution in [0.2, 0.25) is 0 Å². The Kier molecular flexibility index (Phi) is 9.74. The van der Waals surface area contributed by atoms with Crippen LogP contribution >= 0.6 is 24.0 Å². The Hall–Kier alpha value is -3.16.